The second-order valence-corrected chi connectivity index (χ2v) is 11.3. The maximum atomic E-state index is 15.0. The number of fused-ring (bicyclic) bond motifs is 7. The molecule has 210 valence electrons. The summed E-state index contributed by atoms with van der Waals surface area (Å²) in [6.45, 7) is 0.542. The largest absolute Gasteiger partial charge is 0.493 e. The van der Waals surface area contributed by atoms with E-state index in [9.17, 15) is 14.4 Å². The molecule has 2 fully saturated rings. The van der Waals surface area contributed by atoms with Crippen LogP contribution in [0.4, 0.5) is 11.4 Å². The minimum atomic E-state index is -1.58. The highest BCUT2D eigenvalue weighted by Crippen LogP contribution is 2.68. The number of ketones is 1. The van der Waals surface area contributed by atoms with Crippen molar-refractivity contribution in [2.75, 3.05) is 38.5 Å². The monoisotopic (exact) mass is 573 g/mol. The molecule has 2 saturated heterocycles. The quantitative estimate of drug-likeness (QED) is 0.436. The van der Waals surface area contributed by atoms with E-state index in [-0.39, 0.29) is 17.6 Å². The van der Waals surface area contributed by atoms with Crippen molar-refractivity contribution in [2.45, 2.75) is 29.8 Å². The van der Waals surface area contributed by atoms with Crippen molar-refractivity contribution in [3.63, 3.8) is 0 Å². The molecule has 4 heterocycles. The Balaban J connectivity index is 1.55. The number of benzene rings is 3. The average molecular weight is 574 g/mol. The Hall–Kier alpha value is -4.08. The lowest BCUT2D eigenvalue weighted by molar-refractivity contribution is -0.137. The number of nitrogens with one attached hydrogen (secondary N) is 2. The summed E-state index contributed by atoms with van der Waals surface area (Å²) >= 11 is 6.53. The number of hydrogen-bond donors (Lipinski definition) is 2. The summed E-state index contributed by atoms with van der Waals surface area (Å²) in [6.07, 6.45) is 1.41. The number of amides is 2. The summed E-state index contributed by atoms with van der Waals surface area (Å²) in [5.74, 6) is -0.912. The van der Waals surface area contributed by atoms with Gasteiger partial charge < -0.3 is 24.8 Å². The van der Waals surface area contributed by atoms with E-state index in [2.05, 4.69) is 15.5 Å². The smallest absolute Gasteiger partial charge is 0.251 e. The Morgan fingerprint density at radius 3 is 2.29 bits per heavy atom. The van der Waals surface area contributed by atoms with Crippen LogP contribution >= 0.6 is 11.6 Å². The van der Waals surface area contributed by atoms with Gasteiger partial charge in [0.25, 0.3) is 5.91 Å². The van der Waals surface area contributed by atoms with Crippen molar-refractivity contribution < 1.29 is 28.6 Å². The van der Waals surface area contributed by atoms with Crippen LogP contribution in [0.15, 0.2) is 54.6 Å². The summed E-state index contributed by atoms with van der Waals surface area (Å²) in [7, 11) is 4.47. The molecular formula is C31H28ClN3O6. The number of nitrogens with zero attached hydrogens (tertiary/aromatic N) is 1. The Morgan fingerprint density at radius 2 is 1.59 bits per heavy atom. The van der Waals surface area contributed by atoms with Crippen molar-refractivity contribution in [1.29, 1.82) is 0 Å². The number of Topliss-reactive ketones (excluding diaryl/α,β-unsaturated/α-hetero) is 1. The molecule has 3 aromatic rings. The highest BCUT2D eigenvalue weighted by Gasteiger charge is 2.81. The van der Waals surface area contributed by atoms with Crippen molar-refractivity contribution in [2.24, 2.45) is 5.92 Å². The van der Waals surface area contributed by atoms with Crippen LogP contribution in [0, 0.1) is 5.92 Å². The van der Waals surface area contributed by atoms with Crippen molar-refractivity contribution >= 4 is 40.6 Å². The predicted molar refractivity (Wildman–Crippen MR) is 152 cm³/mol. The van der Waals surface area contributed by atoms with E-state index in [1.54, 1.807) is 30.3 Å². The molecule has 4 aliphatic rings. The third kappa shape index (κ3) is 3.02. The van der Waals surface area contributed by atoms with Gasteiger partial charge in [-0.25, -0.2) is 0 Å². The summed E-state index contributed by atoms with van der Waals surface area (Å²) < 4.78 is 16.6. The molecule has 41 heavy (non-hydrogen) atoms. The SMILES string of the molecule is COc1cc(C(=O)[C@@H]2[C@@H]3CCCN3[C@]3(C(=O)Nc4ccc(Cl)cc43)[C@]23C(=O)Nc2ccccc23)cc(OC)c1OC. The van der Waals surface area contributed by atoms with E-state index in [0.29, 0.717) is 63.3 Å². The standard InChI is InChI=1S/C31H28ClN3O6/c1-39-23-13-16(14-24(40-2)27(23)41-3)26(36)25-22-9-6-12-35(22)31(19-15-17(32)10-11-21(19)34-29(31)38)30(25)18-7-4-5-8-20(18)33-28(30)37/h4-5,7-8,10-11,13-15,22,25H,6,9,12H2,1-3H3,(H,33,37)(H,34,38)/t22-,25-,30-,31+/m0/s1. The first kappa shape index (κ1) is 25.9. The maximum absolute atomic E-state index is 15.0. The van der Waals surface area contributed by atoms with E-state index < -0.39 is 22.9 Å². The second-order valence-electron chi connectivity index (χ2n) is 10.8. The highest BCUT2D eigenvalue weighted by molar-refractivity contribution is 6.31. The zero-order valence-corrected chi connectivity index (χ0v) is 23.5. The Morgan fingerprint density at radius 1 is 0.902 bits per heavy atom. The third-order valence-electron chi connectivity index (χ3n) is 9.29. The minimum absolute atomic E-state index is 0.284. The van der Waals surface area contributed by atoms with Crippen molar-refractivity contribution in [1.82, 2.24) is 4.90 Å². The highest BCUT2D eigenvalue weighted by atomic mass is 35.5. The zero-order chi connectivity index (χ0) is 28.7. The number of halogens is 1. The minimum Gasteiger partial charge on any atom is -0.493 e. The Bertz CT molecular complexity index is 1630. The van der Waals surface area contributed by atoms with Crippen LogP contribution in [0.2, 0.25) is 5.02 Å². The van der Waals surface area contributed by atoms with Crippen LogP contribution in [0.5, 0.6) is 17.2 Å². The van der Waals surface area contributed by atoms with E-state index in [1.807, 2.05) is 24.3 Å². The molecule has 2 N–H and O–H groups in total. The number of hydrogen-bond acceptors (Lipinski definition) is 7. The number of ether oxygens (including phenoxy) is 3. The molecule has 2 spiro atoms. The Kier molecular flexibility index (Phi) is 5.65. The lowest BCUT2D eigenvalue weighted by atomic mass is 9.57. The van der Waals surface area contributed by atoms with Crippen LogP contribution < -0.4 is 24.8 Å². The van der Waals surface area contributed by atoms with Gasteiger partial charge in [-0.05, 0) is 61.3 Å². The molecule has 0 bridgehead atoms. The molecule has 0 radical (unpaired) electrons. The molecule has 0 unspecified atom stereocenters. The van der Waals surface area contributed by atoms with E-state index in [1.165, 1.54) is 21.3 Å². The first-order chi connectivity index (χ1) is 19.8. The van der Waals surface area contributed by atoms with Crippen LogP contribution in [0.25, 0.3) is 0 Å². The van der Waals surface area contributed by atoms with E-state index >= 15 is 0 Å². The summed E-state index contributed by atoms with van der Waals surface area (Å²) in [5, 5.41) is 6.51. The van der Waals surface area contributed by atoms with Gasteiger partial charge in [0.15, 0.2) is 17.3 Å². The van der Waals surface area contributed by atoms with Gasteiger partial charge in [0.05, 0.1) is 27.2 Å². The third-order valence-corrected chi connectivity index (χ3v) is 9.53. The number of methoxy groups -OCH3 is 3. The molecule has 0 aliphatic carbocycles. The van der Waals surface area contributed by atoms with Gasteiger partial charge in [0.2, 0.25) is 11.7 Å². The van der Waals surface area contributed by atoms with E-state index in [0.717, 1.165) is 6.42 Å². The predicted octanol–water partition coefficient (Wildman–Crippen LogP) is 4.38. The maximum Gasteiger partial charge on any atom is 0.251 e. The molecule has 3 aromatic carbocycles. The van der Waals surface area contributed by atoms with Gasteiger partial charge in [-0.2, -0.15) is 0 Å². The molecule has 4 atom stereocenters. The number of para-hydroxylation sites is 1. The molecule has 0 saturated carbocycles. The first-order valence-corrected chi connectivity index (χ1v) is 13.9. The topological polar surface area (TPSA) is 106 Å². The van der Waals surface area contributed by atoms with Crippen LogP contribution in [0.3, 0.4) is 0 Å². The first-order valence-electron chi connectivity index (χ1n) is 13.5. The zero-order valence-electron chi connectivity index (χ0n) is 22.7. The van der Waals surface area contributed by atoms with Gasteiger partial charge in [-0.1, -0.05) is 29.8 Å². The fraction of sp³-hybridized carbons (Fsp3) is 0.323. The van der Waals surface area contributed by atoms with Crippen LogP contribution in [0.1, 0.15) is 34.3 Å². The van der Waals surface area contributed by atoms with Gasteiger partial charge >= 0.3 is 0 Å². The van der Waals surface area contributed by atoms with E-state index in [4.69, 9.17) is 25.8 Å². The molecule has 4 aliphatic heterocycles. The Labute approximate surface area is 241 Å². The van der Waals surface area contributed by atoms with Crippen molar-refractivity contribution in [3.05, 3.63) is 76.3 Å². The molecule has 9 nitrogen and oxygen atoms in total. The van der Waals surface area contributed by atoms with Crippen LogP contribution in [-0.2, 0) is 20.5 Å². The second kappa shape index (κ2) is 8.96. The number of carbonyl (C=O) groups excluding carboxylic acids is 3. The lowest BCUT2D eigenvalue weighted by Gasteiger charge is -2.43. The summed E-state index contributed by atoms with van der Waals surface area (Å²) in [6, 6.07) is 15.4. The molecule has 10 heteroatoms. The van der Waals surface area contributed by atoms with Gasteiger partial charge in [0.1, 0.15) is 11.0 Å². The molecular weight excluding hydrogens is 546 g/mol. The molecule has 2 amide bonds. The molecule has 7 rings (SSSR count). The van der Waals surface area contributed by atoms with Crippen molar-refractivity contribution in [3.8, 4) is 17.2 Å². The van der Waals surface area contributed by atoms with Gasteiger partial charge in [-0.15, -0.1) is 0 Å². The van der Waals surface area contributed by atoms with Gasteiger partial charge in [0, 0.05) is 33.6 Å². The molecule has 0 aromatic heterocycles. The average Bonchev–Trinajstić information content (AvgIpc) is 3.70. The number of anilines is 2. The van der Waals surface area contributed by atoms with Crippen LogP contribution in [-0.4, -0.2) is 56.4 Å². The normalized spacial score (nSPS) is 27.4. The summed E-state index contributed by atoms with van der Waals surface area (Å²) in [5.41, 5.74) is -0.374. The lowest BCUT2D eigenvalue weighted by Crippen LogP contribution is -2.62. The van der Waals surface area contributed by atoms with Gasteiger partial charge in [-0.3, -0.25) is 19.3 Å². The fourth-order valence-corrected chi connectivity index (χ4v) is 8.13. The summed E-state index contributed by atoms with van der Waals surface area (Å²) in [4.78, 5) is 46.1. The number of rotatable bonds is 5. The fourth-order valence-electron chi connectivity index (χ4n) is 7.95. The number of carbonyl (C=O) groups is 3.